The molecule has 0 radical (unpaired) electrons. The second-order valence-corrected chi connectivity index (χ2v) is 24.4. The van der Waals surface area contributed by atoms with Crippen LogP contribution in [-0.4, -0.2) is 342 Å². The van der Waals surface area contributed by atoms with Crippen molar-refractivity contribution in [1.82, 2.24) is 51.9 Å². The summed E-state index contributed by atoms with van der Waals surface area (Å²) in [7, 11) is 1.72. The summed E-state index contributed by atoms with van der Waals surface area (Å²) in [4.78, 5) is 151. The summed E-state index contributed by atoms with van der Waals surface area (Å²) >= 11 is 0. The number of primary amides is 1. The second kappa shape index (κ2) is 34.1. The Kier molecular flexibility index (Phi) is 27.8. The number of nitrogens with one attached hydrogen (secondary N) is 7. The fourth-order valence-electron chi connectivity index (χ4n) is 12.3. The van der Waals surface area contributed by atoms with Gasteiger partial charge in [-0.25, -0.2) is 4.79 Å². The van der Waals surface area contributed by atoms with Crippen LogP contribution in [0.15, 0.2) is 0 Å². The number of carbonyl (C=O) groups excluding carboxylic acids is 10. The second-order valence-electron chi connectivity index (χ2n) is 24.4. The number of aliphatic hydroxyl groups excluding tert-OH is 10. The van der Waals surface area contributed by atoms with Crippen LogP contribution in [0.2, 0.25) is 0 Å². The molecule has 6 aliphatic rings. The minimum atomic E-state index is -3.24. The van der Waals surface area contributed by atoms with Gasteiger partial charge in [0.15, 0.2) is 12.6 Å². The highest BCUT2D eigenvalue weighted by atomic mass is 16.8. The van der Waals surface area contributed by atoms with E-state index in [1.165, 1.54) is 23.6 Å². The summed E-state index contributed by atoms with van der Waals surface area (Å²) in [6.07, 6.45) is -28.5. The number of likely N-dealkylation sites (N-methyl/N-ethyl adjacent to an activating group) is 1. The highest BCUT2D eigenvalue weighted by Crippen LogP contribution is 2.39. The van der Waals surface area contributed by atoms with Crippen LogP contribution in [0, 0.1) is 0 Å². The molecule has 24 atom stereocenters. The van der Waals surface area contributed by atoms with Gasteiger partial charge in [-0.1, -0.05) is 0 Å². The fourth-order valence-corrected chi connectivity index (χ4v) is 12.3. The van der Waals surface area contributed by atoms with Crippen molar-refractivity contribution in [3.63, 3.8) is 0 Å². The van der Waals surface area contributed by atoms with E-state index < -0.39 is 250 Å². The van der Waals surface area contributed by atoms with Gasteiger partial charge in [0, 0.05) is 33.4 Å². The van der Waals surface area contributed by atoms with E-state index in [-0.39, 0.29) is 25.9 Å². The van der Waals surface area contributed by atoms with E-state index in [0.29, 0.717) is 25.8 Å². The molecular weight excluding hydrogens is 1270 g/mol. The summed E-state index contributed by atoms with van der Waals surface area (Å²) in [6, 6.07) is -12.8. The van der Waals surface area contributed by atoms with E-state index in [9.17, 15) is 109 Å². The van der Waals surface area contributed by atoms with E-state index in [4.69, 9.17) is 34.2 Å². The SMILES string of the molecule is CC(=O)NC1[C@H](OC(C)C(NC(=O)C(CO)NC(=O)CNC(=O)C2CCCN2C)C(=O)NC(C)C(=O)N2CCCC2C(=O)N2CCCC2C(=O)NC(C)C(N)=O)OC(CO)[C@H](O)[C@@H]1O[C@@H]1OC(CO)[C@H](O)[C@H](O[C@]2(C(=O)O)C[C@H](O)[C@@H](NC(C)=O)C([C@H](O)[C@H](O)CO)O2)C1O. The molecule has 0 aromatic rings. The van der Waals surface area contributed by atoms with E-state index in [0.717, 1.165) is 27.2 Å². The first kappa shape index (κ1) is 77.5. The maximum Gasteiger partial charge on any atom is 0.364 e. The Morgan fingerprint density at radius 2 is 1.24 bits per heavy atom. The number of rotatable bonds is 29. The lowest BCUT2D eigenvalue weighted by atomic mass is 9.88. The first-order valence-electron chi connectivity index (χ1n) is 31.1. The minimum Gasteiger partial charge on any atom is -0.477 e. The van der Waals surface area contributed by atoms with E-state index >= 15 is 0 Å². The molecule has 6 aliphatic heterocycles. The summed E-state index contributed by atoms with van der Waals surface area (Å²) in [5, 5.41) is 136. The minimum absolute atomic E-state index is 0.00319. The number of nitrogens with two attached hydrogens (primary N) is 1. The summed E-state index contributed by atoms with van der Waals surface area (Å²) < 4.78 is 35.4. The molecule has 10 amide bonds. The number of aliphatic hydroxyl groups is 10. The third kappa shape index (κ3) is 18.6. The number of nitrogens with zero attached hydrogens (tertiary/aromatic N) is 3. The van der Waals surface area contributed by atoms with Gasteiger partial charge in [-0.3, -0.25) is 52.8 Å². The van der Waals surface area contributed by atoms with Gasteiger partial charge in [0.25, 0.3) is 5.79 Å². The van der Waals surface area contributed by atoms with Crippen molar-refractivity contribution in [2.75, 3.05) is 59.7 Å². The molecule has 39 nitrogen and oxygen atoms in total. The van der Waals surface area contributed by atoms with Crippen molar-refractivity contribution in [3.05, 3.63) is 0 Å². The van der Waals surface area contributed by atoms with Gasteiger partial charge < -0.3 is 137 Å². The number of ether oxygens (including phenoxy) is 6. The van der Waals surface area contributed by atoms with Crippen molar-refractivity contribution in [3.8, 4) is 0 Å². The molecular formula is C56H91N11O28. The molecule has 39 heteroatoms. The molecule has 6 saturated heterocycles. The Bertz CT molecular complexity index is 2740. The number of carboxylic acids is 1. The van der Waals surface area contributed by atoms with Crippen molar-refractivity contribution in [2.24, 2.45) is 5.73 Å². The molecule has 0 spiro atoms. The average molecular weight is 1370 g/mol. The summed E-state index contributed by atoms with van der Waals surface area (Å²) in [5.41, 5.74) is 5.33. The summed E-state index contributed by atoms with van der Waals surface area (Å²) in [6.45, 7) is 1.25. The van der Waals surface area contributed by atoms with Gasteiger partial charge in [0.05, 0.1) is 57.3 Å². The number of hydrogen-bond acceptors (Lipinski definition) is 28. The van der Waals surface area contributed by atoms with Crippen LogP contribution in [-0.2, 0) is 81.2 Å². The Morgan fingerprint density at radius 1 is 0.663 bits per heavy atom. The highest BCUT2D eigenvalue weighted by molar-refractivity contribution is 5.98. The normalized spacial score (nSPS) is 33.3. The van der Waals surface area contributed by atoms with Gasteiger partial charge in [-0.05, 0) is 72.9 Å². The predicted octanol–water partition coefficient (Wildman–Crippen LogP) is -12.0. The van der Waals surface area contributed by atoms with Gasteiger partial charge in [0.1, 0.15) is 103 Å². The van der Waals surface area contributed by atoms with Crippen LogP contribution in [0.4, 0.5) is 0 Å². The first-order chi connectivity index (χ1) is 44.7. The quantitative estimate of drug-likeness (QED) is 0.0331. The lowest BCUT2D eigenvalue weighted by Gasteiger charge is -2.51. The van der Waals surface area contributed by atoms with Gasteiger partial charge in [-0.2, -0.15) is 0 Å². The molecule has 0 aliphatic carbocycles. The molecule has 13 unspecified atom stereocenters. The number of aliphatic carboxylic acids is 1. The van der Waals surface area contributed by atoms with Crippen molar-refractivity contribution < 1.29 is 137 Å². The van der Waals surface area contributed by atoms with Crippen LogP contribution in [0.1, 0.15) is 79.6 Å². The average Bonchev–Trinajstić information content (AvgIpc) is 1.70. The third-order valence-corrected chi connectivity index (χ3v) is 17.5. The maximum atomic E-state index is 14.8. The van der Waals surface area contributed by atoms with Gasteiger partial charge in [-0.15, -0.1) is 0 Å². The lowest BCUT2D eigenvalue weighted by Crippen LogP contribution is -2.71. The largest absolute Gasteiger partial charge is 0.477 e. The highest BCUT2D eigenvalue weighted by Gasteiger charge is 2.61. The first-order valence-corrected chi connectivity index (χ1v) is 31.1. The van der Waals surface area contributed by atoms with Gasteiger partial charge in [0.2, 0.25) is 59.1 Å². The number of carbonyl (C=O) groups is 11. The maximum absolute atomic E-state index is 14.8. The molecule has 6 rings (SSSR count). The molecule has 0 saturated carbocycles. The lowest BCUT2D eigenvalue weighted by molar-refractivity contribution is -0.382. The topological polar surface area (TPSA) is 586 Å². The zero-order valence-electron chi connectivity index (χ0n) is 53.2. The third-order valence-electron chi connectivity index (χ3n) is 17.5. The van der Waals surface area contributed by atoms with Gasteiger partial charge >= 0.3 is 5.97 Å². The predicted molar refractivity (Wildman–Crippen MR) is 313 cm³/mol. The molecule has 6 fully saturated rings. The Labute approximate surface area is 543 Å². The van der Waals surface area contributed by atoms with E-state index in [1.807, 2.05) is 0 Å². The molecule has 538 valence electrons. The van der Waals surface area contributed by atoms with E-state index in [2.05, 4.69) is 37.2 Å². The monoisotopic (exact) mass is 1370 g/mol. The van der Waals surface area contributed by atoms with E-state index in [1.54, 1.807) is 11.9 Å². The fraction of sp³-hybridized carbons (Fsp3) is 0.804. The Balaban J connectivity index is 1.28. The number of amides is 10. The Morgan fingerprint density at radius 3 is 1.81 bits per heavy atom. The standard InChI is InChI=1S/C56H91N11O28/c1-22(46(57)81)59-49(84)29-11-8-14-66(29)52(87)30-12-9-15-67(30)51(86)23(2)60-50(85)36(64-47(82)27(18-68)63-35(76)17-58-48(83)28-10-7-13-65(28)6)24(3)90-53-38(62-26(5)73)43(40(78)33(20-70)91-53)93-54-42(80)45(41(79)34(21-71)92-54)95-56(55(88)89)16-31(74)37(61-25(4)72)44(94-56)39(77)32(75)19-69/h22-24,27-34,36-45,53-54,68-71,74-75,77-80H,7-21H2,1-6H3,(H2,57,81)(H,58,83)(H,59,84)(H,60,85)(H,61,72)(H,62,73)(H,63,76)(H,64,82)(H,88,89)/t22?,23?,24?,27?,28?,29?,30?,31-,32+,33?,34?,36?,37+,38?,39+,40-,41-,42?,43+,44?,45-,53+,54-,56-/m0/s1. The van der Waals surface area contributed by atoms with Crippen LogP contribution in [0.25, 0.3) is 0 Å². The molecule has 0 aromatic carbocycles. The molecule has 95 heavy (non-hydrogen) atoms. The van der Waals surface area contributed by atoms with Crippen molar-refractivity contribution in [2.45, 2.75) is 226 Å². The van der Waals surface area contributed by atoms with Crippen LogP contribution in [0.5, 0.6) is 0 Å². The molecule has 0 bridgehead atoms. The molecule has 0 aromatic heterocycles. The van der Waals surface area contributed by atoms with Crippen molar-refractivity contribution in [1.29, 1.82) is 0 Å². The van der Waals surface area contributed by atoms with Crippen LogP contribution < -0.4 is 43.0 Å². The number of likely N-dealkylation sites (tertiary alicyclic amines) is 3. The zero-order chi connectivity index (χ0) is 70.7. The zero-order valence-corrected chi connectivity index (χ0v) is 53.2. The molecule has 20 N–H and O–H groups in total. The number of hydrogen-bond donors (Lipinski definition) is 19. The van der Waals surface area contributed by atoms with Crippen molar-refractivity contribution >= 4 is 65.0 Å². The smallest absolute Gasteiger partial charge is 0.364 e. The summed E-state index contributed by atoms with van der Waals surface area (Å²) in [5.74, 6) is -13.9. The Hall–Kier alpha value is -6.51. The van der Waals surface area contributed by atoms with Crippen LogP contribution >= 0.6 is 0 Å². The molecule has 6 heterocycles. The number of carboxylic acid groups (broad SMARTS) is 1. The van der Waals surface area contributed by atoms with Crippen LogP contribution in [0.3, 0.4) is 0 Å².